The van der Waals surface area contributed by atoms with E-state index in [1.807, 2.05) is 7.05 Å². The first-order valence-electron chi connectivity index (χ1n) is 7.52. The first-order chi connectivity index (χ1) is 10.3. The molecule has 1 unspecified atom stereocenters. The van der Waals surface area contributed by atoms with Crippen LogP contribution in [0.3, 0.4) is 0 Å². The number of likely N-dealkylation sites (tertiary alicyclic amines) is 1. The van der Waals surface area contributed by atoms with Crippen molar-refractivity contribution in [2.45, 2.75) is 25.4 Å². The molecule has 6 heteroatoms. The molecule has 1 fully saturated rings. The number of methoxy groups -OCH3 is 1. The van der Waals surface area contributed by atoms with Crippen molar-refractivity contribution in [1.82, 2.24) is 15.5 Å². The van der Waals surface area contributed by atoms with E-state index in [1.54, 1.807) is 18.4 Å². The van der Waals surface area contributed by atoms with Gasteiger partial charge in [0.25, 0.3) is 0 Å². The summed E-state index contributed by atoms with van der Waals surface area (Å²) < 4.78 is 5.18. The monoisotopic (exact) mass is 310 g/mol. The summed E-state index contributed by atoms with van der Waals surface area (Å²) in [5, 5.41) is 11.0. The van der Waals surface area contributed by atoms with Gasteiger partial charge in [0, 0.05) is 39.8 Å². The molecule has 5 nitrogen and oxygen atoms in total. The molecular formula is C15H26N4OS. The minimum absolute atomic E-state index is 0.583. The summed E-state index contributed by atoms with van der Waals surface area (Å²) in [7, 11) is 3.58. The lowest BCUT2D eigenvalue weighted by Gasteiger charge is -2.25. The second-order valence-electron chi connectivity index (χ2n) is 5.26. The fourth-order valence-corrected chi connectivity index (χ4v) is 3.31. The molecule has 0 amide bonds. The van der Waals surface area contributed by atoms with Crippen LogP contribution in [0.4, 0.5) is 0 Å². The predicted molar refractivity (Wildman–Crippen MR) is 89.0 cm³/mol. The van der Waals surface area contributed by atoms with Gasteiger partial charge in [0.05, 0.1) is 6.61 Å². The maximum absolute atomic E-state index is 5.18. The first-order valence-corrected chi connectivity index (χ1v) is 8.46. The van der Waals surface area contributed by atoms with Crippen LogP contribution in [0.1, 0.15) is 18.4 Å². The Labute approximate surface area is 131 Å². The maximum Gasteiger partial charge on any atom is 0.191 e. The van der Waals surface area contributed by atoms with E-state index in [-0.39, 0.29) is 0 Å². The smallest absolute Gasteiger partial charge is 0.191 e. The van der Waals surface area contributed by atoms with Gasteiger partial charge in [0.1, 0.15) is 0 Å². The van der Waals surface area contributed by atoms with Crippen molar-refractivity contribution in [2.24, 2.45) is 4.99 Å². The summed E-state index contributed by atoms with van der Waals surface area (Å²) in [4.78, 5) is 6.79. The summed E-state index contributed by atoms with van der Waals surface area (Å²) in [6.07, 6.45) is 2.52. The van der Waals surface area contributed by atoms with Crippen molar-refractivity contribution in [3.8, 4) is 0 Å². The number of ether oxygens (including phenoxy) is 1. The van der Waals surface area contributed by atoms with E-state index in [4.69, 9.17) is 4.74 Å². The SMILES string of the molecule is CN=C(NCc1ccsc1)NCC1CCCN1CCOC. The molecule has 1 aliphatic rings. The summed E-state index contributed by atoms with van der Waals surface area (Å²) in [5.41, 5.74) is 1.30. The van der Waals surface area contributed by atoms with Gasteiger partial charge in [-0.2, -0.15) is 11.3 Å². The highest BCUT2D eigenvalue weighted by molar-refractivity contribution is 7.07. The summed E-state index contributed by atoms with van der Waals surface area (Å²) >= 11 is 1.72. The summed E-state index contributed by atoms with van der Waals surface area (Å²) in [6.45, 7) is 4.76. The van der Waals surface area contributed by atoms with Crippen LogP contribution in [-0.4, -0.2) is 57.3 Å². The molecule has 1 aromatic heterocycles. The maximum atomic E-state index is 5.18. The predicted octanol–water partition coefficient (Wildman–Crippen LogP) is 1.52. The average molecular weight is 310 g/mol. The molecule has 118 valence electrons. The number of hydrogen-bond donors (Lipinski definition) is 2. The number of nitrogens with one attached hydrogen (secondary N) is 2. The van der Waals surface area contributed by atoms with Crippen LogP contribution in [0.25, 0.3) is 0 Å². The van der Waals surface area contributed by atoms with Crippen LogP contribution in [-0.2, 0) is 11.3 Å². The third kappa shape index (κ3) is 5.30. The van der Waals surface area contributed by atoms with Gasteiger partial charge in [-0.3, -0.25) is 9.89 Å². The zero-order chi connectivity index (χ0) is 14.9. The van der Waals surface area contributed by atoms with Gasteiger partial charge in [0.15, 0.2) is 5.96 Å². The van der Waals surface area contributed by atoms with Gasteiger partial charge in [-0.15, -0.1) is 0 Å². The molecule has 2 heterocycles. The Morgan fingerprint density at radius 1 is 1.52 bits per heavy atom. The zero-order valence-electron chi connectivity index (χ0n) is 13.0. The fourth-order valence-electron chi connectivity index (χ4n) is 2.64. The topological polar surface area (TPSA) is 48.9 Å². The molecule has 1 aromatic rings. The minimum atomic E-state index is 0.583. The summed E-state index contributed by atoms with van der Waals surface area (Å²) in [6, 6.07) is 2.72. The van der Waals surface area contributed by atoms with Gasteiger partial charge in [-0.1, -0.05) is 0 Å². The Morgan fingerprint density at radius 2 is 2.43 bits per heavy atom. The van der Waals surface area contributed by atoms with Gasteiger partial charge >= 0.3 is 0 Å². The Hall–Kier alpha value is -1.11. The third-order valence-electron chi connectivity index (χ3n) is 3.85. The molecule has 2 rings (SSSR count). The van der Waals surface area contributed by atoms with E-state index in [2.05, 4.69) is 37.4 Å². The van der Waals surface area contributed by atoms with Gasteiger partial charge in [-0.05, 0) is 41.8 Å². The second kappa shape index (κ2) is 9.02. The molecule has 0 aromatic carbocycles. The standard InChI is InChI=1S/C15H26N4OS/c1-16-15(17-10-13-5-9-21-12-13)18-11-14-4-3-6-19(14)7-8-20-2/h5,9,12,14H,3-4,6-8,10-11H2,1-2H3,(H2,16,17,18). The van der Waals surface area contributed by atoms with Crippen LogP contribution in [0.5, 0.6) is 0 Å². The number of aliphatic imine (C=N–C) groups is 1. The third-order valence-corrected chi connectivity index (χ3v) is 4.58. The number of rotatable bonds is 7. The average Bonchev–Trinajstić information content (AvgIpc) is 3.16. The van der Waals surface area contributed by atoms with E-state index in [0.29, 0.717) is 6.04 Å². The van der Waals surface area contributed by atoms with Crippen LogP contribution in [0.15, 0.2) is 21.8 Å². The molecule has 1 saturated heterocycles. The number of nitrogens with zero attached hydrogens (tertiary/aromatic N) is 2. The lowest BCUT2D eigenvalue weighted by atomic mass is 10.2. The highest BCUT2D eigenvalue weighted by Gasteiger charge is 2.23. The number of guanidine groups is 1. The Balaban J connectivity index is 1.72. The Morgan fingerprint density at radius 3 is 3.14 bits per heavy atom. The highest BCUT2D eigenvalue weighted by Crippen LogP contribution is 2.15. The number of thiophene rings is 1. The van der Waals surface area contributed by atoms with Crippen molar-refractivity contribution in [1.29, 1.82) is 0 Å². The lowest BCUT2D eigenvalue weighted by molar-refractivity contribution is 0.141. The molecule has 0 bridgehead atoms. The Kier molecular flexibility index (Phi) is 6.99. The largest absolute Gasteiger partial charge is 0.383 e. The molecule has 1 atom stereocenters. The van der Waals surface area contributed by atoms with Crippen LogP contribution >= 0.6 is 11.3 Å². The summed E-state index contributed by atoms with van der Waals surface area (Å²) in [5.74, 6) is 0.875. The van der Waals surface area contributed by atoms with Crippen LogP contribution in [0, 0.1) is 0 Å². The van der Waals surface area contributed by atoms with E-state index in [0.717, 1.165) is 32.2 Å². The normalized spacial score (nSPS) is 19.9. The van der Waals surface area contributed by atoms with Crippen molar-refractivity contribution in [2.75, 3.05) is 40.4 Å². The molecule has 1 aliphatic heterocycles. The molecule has 0 saturated carbocycles. The molecular weight excluding hydrogens is 284 g/mol. The number of hydrogen-bond acceptors (Lipinski definition) is 4. The van der Waals surface area contributed by atoms with Crippen LogP contribution < -0.4 is 10.6 Å². The zero-order valence-corrected chi connectivity index (χ0v) is 13.8. The van der Waals surface area contributed by atoms with Gasteiger partial charge in [0.2, 0.25) is 0 Å². The van der Waals surface area contributed by atoms with Crippen molar-refractivity contribution >= 4 is 17.3 Å². The quantitative estimate of drug-likeness (QED) is 0.592. The minimum Gasteiger partial charge on any atom is -0.383 e. The molecule has 0 aliphatic carbocycles. The highest BCUT2D eigenvalue weighted by atomic mass is 32.1. The molecule has 0 spiro atoms. The van der Waals surface area contributed by atoms with Crippen molar-refractivity contribution in [3.63, 3.8) is 0 Å². The van der Waals surface area contributed by atoms with E-state index in [1.165, 1.54) is 24.9 Å². The van der Waals surface area contributed by atoms with E-state index >= 15 is 0 Å². The molecule has 2 N–H and O–H groups in total. The fraction of sp³-hybridized carbons (Fsp3) is 0.667. The van der Waals surface area contributed by atoms with E-state index in [9.17, 15) is 0 Å². The second-order valence-corrected chi connectivity index (χ2v) is 6.04. The molecule has 0 radical (unpaired) electrons. The van der Waals surface area contributed by atoms with Gasteiger partial charge in [-0.25, -0.2) is 0 Å². The van der Waals surface area contributed by atoms with Gasteiger partial charge < -0.3 is 15.4 Å². The van der Waals surface area contributed by atoms with Crippen molar-refractivity contribution < 1.29 is 4.74 Å². The Bertz CT molecular complexity index is 421. The van der Waals surface area contributed by atoms with Crippen molar-refractivity contribution in [3.05, 3.63) is 22.4 Å². The molecule has 21 heavy (non-hydrogen) atoms. The lowest BCUT2D eigenvalue weighted by Crippen LogP contribution is -2.45. The van der Waals surface area contributed by atoms with E-state index < -0.39 is 0 Å². The first kappa shape index (κ1) is 16.3. The van der Waals surface area contributed by atoms with Crippen LogP contribution in [0.2, 0.25) is 0 Å².